The second-order valence-corrected chi connectivity index (χ2v) is 14.2. The highest BCUT2D eigenvalue weighted by atomic mass is 16.5. The van der Waals surface area contributed by atoms with E-state index >= 15 is 0 Å². The van der Waals surface area contributed by atoms with Gasteiger partial charge >= 0.3 is 0 Å². The van der Waals surface area contributed by atoms with Gasteiger partial charge in [-0.1, -0.05) is 59.7 Å². The first kappa shape index (κ1) is 39.3. The first-order valence-corrected chi connectivity index (χ1v) is 19.0. The van der Waals surface area contributed by atoms with Crippen LogP contribution in [0.4, 0.5) is 11.4 Å². The molecule has 2 unspecified atom stereocenters. The molecular weight excluding hydrogens is 697 g/mol. The van der Waals surface area contributed by atoms with Crippen molar-refractivity contribution in [2.24, 2.45) is 0 Å². The van der Waals surface area contributed by atoms with E-state index in [9.17, 15) is 9.59 Å². The predicted octanol–water partition coefficient (Wildman–Crippen LogP) is 6.61. The Bertz CT molecular complexity index is 1750. The summed E-state index contributed by atoms with van der Waals surface area (Å²) >= 11 is 0. The third-order valence-electron chi connectivity index (χ3n) is 10.7. The smallest absolute Gasteiger partial charge is 0.225 e. The molecule has 2 amide bonds. The van der Waals surface area contributed by atoms with Crippen molar-refractivity contribution in [1.82, 2.24) is 9.80 Å². The van der Waals surface area contributed by atoms with Crippen molar-refractivity contribution in [1.29, 1.82) is 0 Å². The minimum absolute atomic E-state index is 0.0257. The Morgan fingerprint density at radius 2 is 0.836 bits per heavy atom. The molecule has 4 aromatic carbocycles. The summed E-state index contributed by atoms with van der Waals surface area (Å²) in [6.45, 7) is 9.20. The number of benzene rings is 4. The highest BCUT2D eigenvalue weighted by Gasteiger charge is 2.31. The van der Waals surface area contributed by atoms with Crippen molar-refractivity contribution in [3.8, 4) is 23.0 Å². The first-order chi connectivity index (χ1) is 26.7. The van der Waals surface area contributed by atoms with E-state index < -0.39 is 12.2 Å². The molecule has 0 aliphatic carbocycles. The molecule has 0 saturated carbocycles. The number of carbonyl (C=O) groups excluding carboxylic acids is 2. The fraction of sp³-hybridized carbons (Fsp3) is 0.409. The molecule has 55 heavy (non-hydrogen) atoms. The molecule has 2 aliphatic rings. The number of aryl methyl sites for hydroxylation is 2. The van der Waals surface area contributed by atoms with E-state index in [2.05, 4.69) is 9.80 Å². The SMILES string of the molecule is COc1ccc(N2CCN(C(=O)CC(OC(CC(=O)N3CCN(c4ccc(OC)c(OC)c4)CC3)c3ccc(C)cc3)c3ccc(C)cc3)CC2)cc1OC. The maximum absolute atomic E-state index is 14.0. The van der Waals surface area contributed by atoms with Crippen LogP contribution in [0.25, 0.3) is 0 Å². The molecule has 4 aromatic rings. The van der Waals surface area contributed by atoms with Gasteiger partial charge in [0.15, 0.2) is 23.0 Å². The largest absolute Gasteiger partial charge is 0.493 e. The van der Waals surface area contributed by atoms with Crippen molar-refractivity contribution in [2.45, 2.75) is 38.9 Å². The molecule has 2 aliphatic heterocycles. The minimum Gasteiger partial charge on any atom is -0.493 e. The molecule has 11 heteroatoms. The van der Waals surface area contributed by atoms with E-state index in [0.29, 0.717) is 75.4 Å². The van der Waals surface area contributed by atoms with Crippen LogP contribution in [-0.2, 0) is 14.3 Å². The topological polar surface area (TPSA) is 93.3 Å². The Labute approximate surface area is 325 Å². The zero-order valence-electron chi connectivity index (χ0n) is 33.0. The summed E-state index contributed by atoms with van der Waals surface area (Å²) in [7, 11) is 6.52. The number of anilines is 2. The molecule has 0 bridgehead atoms. The first-order valence-electron chi connectivity index (χ1n) is 19.0. The summed E-state index contributed by atoms with van der Waals surface area (Å²) in [5.41, 5.74) is 6.12. The van der Waals surface area contributed by atoms with Gasteiger partial charge in [-0.25, -0.2) is 0 Å². The monoisotopic (exact) mass is 750 g/mol. The van der Waals surface area contributed by atoms with Gasteiger partial charge in [-0.15, -0.1) is 0 Å². The van der Waals surface area contributed by atoms with Gasteiger partial charge in [-0.05, 0) is 49.2 Å². The number of amides is 2. The number of ether oxygens (including phenoxy) is 5. The van der Waals surface area contributed by atoms with Gasteiger partial charge in [-0.3, -0.25) is 9.59 Å². The number of hydrogen-bond acceptors (Lipinski definition) is 9. The molecular formula is C44H54N4O7. The summed E-state index contributed by atoms with van der Waals surface area (Å²) < 4.78 is 28.8. The number of methoxy groups -OCH3 is 4. The predicted molar refractivity (Wildman–Crippen MR) is 215 cm³/mol. The fourth-order valence-electron chi connectivity index (χ4n) is 7.30. The van der Waals surface area contributed by atoms with Crippen LogP contribution in [0.15, 0.2) is 84.9 Å². The second kappa shape index (κ2) is 18.3. The Morgan fingerprint density at radius 3 is 1.16 bits per heavy atom. The van der Waals surface area contributed by atoms with Gasteiger partial charge in [-0.2, -0.15) is 0 Å². The summed E-state index contributed by atoms with van der Waals surface area (Å²) in [4.78, 5) is 36.4. The minimum atomic E-state index is -0.544. The quantitative estimate of drug-likeness (QED) is 0.141. The van der Waals surface area contributed by atoms with Crippen molar-refractivity contribution in [3.05, 3.63) is 107 Å². The number of carbonyl (C=O) groups is 2. The maximum Gasteiger partial charge on any atom is 0.225 e. The van der Waals surface area contributed by atoms with Crippen LogP contribution in [0, 0.1) is 13.8 Å². The molecule has 2 atom stereocenters. The number of nitrogens with zero attached hydrogens (tertiary/aromatic N) is 4. The standard InChI is InChI=1S/C44H54N4O7/c1-31-7-11-33(12-8-31)39(29-43(49)47-23-19-45(20-24-47)35-15-17-37(51-3)41(27-35)53-5)55-40(34-13-9-32(2)10-14-34)30-44(50)48-25-21-46(22-26-48)36-16-18-38(52-4)42(28-36)54-6/h7-18,27-28,39-40H,19-26,29-30H2,1-6H3. The average Bonchev–Trinajstić information content (AvgIpc) is 3.23. The van der Waals surface area contributed by atoms with Gasteiger partial charge in [0.05, 0.1) is 53.5 Å². The number of hydrogen-bond donors (Lipinski definition) is 0. The summed E-state index contributed by atoms with van der Waals surface area (Å²) in [5, 5.41) is 0. The molecule has 2 fully saturated rings. The Kier molecular flexibility index (Phi) is 13.0. The molecule has 0 radical (unpaired) electrons. The van der Waals surface area contributed by atoms with E-state index in [-0.39, 0.29) is 24.7 Å². The lowest BCUT2D eigenvalue weighted by molar-refractivity contribution is -0.139. The van der Waals surface area contributed by atoms with Gasteiger partial charge in [0.2, 0.25) is 11.8 Å². The Hall–Kier alpha value is -5.42. The van der Waals surface area contributed by atoms with Crippen LogP contribution in [0.5, 0.6) is 23.0 Å². The van der Waals surface area contributed by atoms with Gasteiger partial charge in [0.25, 0.3) is 0 Å². The fourth-order valence-corrected chi connectivity index (χ4v) is 7.30. The lowest BCUT2D eigenvalue weighted by atomic mass is 10.0. The van der Waals surface area contributed by atoms with Crippen LogP contribution >= 0.6 is 0 Å². The summed E-state index contributed by atoms with van der Waals surface area (Å²) in [5.74, 6) is 2.77. The van der Waals surface area contributed by atoms with Crippen LogP contribution < -0.4 is 28.7 Å². The highest BCUT2D eigenvalue weighted by molar-refractivity contribution is 5.78. The zero-order chi connectivity index (χ0) is 38.9. The number of piperazine rings is 2. The van der Waals surface area contributed by atoms with Crippen molar-refractivity contribution in [3.63, 3.8) is 0 Å². The van der Waals surface area contributed by atoms with Gasteiger partial charge in [0.1, 0.15) is 0 Å². The summed E-state index contributed by atoms with van der Waals surface area (Å²) in [6, 6.07) is 28.1. The molecule has 2 saturated heterocycles. The molecule has 0 N–H and O–H groups in total. The molecule has 6 rings (SSSR count). The van der Waals surface area contributed by atoms with Crippen LogP contribution in [0.1, 0.15) is 47.3 Å². The lowest BCUT2D eigenvalue weighted by Gasteiger charge is -2.38. The van der Waals surface area contributed by atoms with Gasteiger partial charge in [0, 0.05) is 75.9 Å². The number of rotatable bonds is 14. The molecule has 292 valence electrons. The van der Waals surface area contributed by atoms with E-state index in [1.54, 1.807) is 28.4 Å². The third-order valence-corrected chi connectivity index (χ3v) is 10.7. The van der Waals surface area contributed by atoms with Crippen LogP contribution in [-0.4, -0.2) is 102 Å². The Balaban J connectivity index is 1.14. The molecule has 11 nitrogen and oxygen atoms in total. The van der Waals surface area contributed by atoms with E-state index in [1.165, 1.54) is 0 Å². The molecule has 2 heterocycles. The highest BCUT2D eigenvalue weighted by Crippen LogP contribution is 2.36. The van der Waals surface area contributed by atoms with Crippen molar-refractivity contribution >= 4 is 23.2 Å². The van der Waals surface area contributed by atoms with Crippen molar-refractivity contribution < 1.29 is 33.3 Å². The maximum atomic E-state index is 14.0. The zero-order valence-corrected chi connectivity index (χ0v) is 33.0. The average molecular weight is 751 g/mol. The van der Waals surface area contributed by atoms with E-state index in [4.69, 9.17) is 23.7 Å². The summed E-state index contributed by atoms with van der Waals surface area (Å²) in [6.07, 6.45) is -0.754. The van der Waals surface area contributed by atoms with E-state index in [1.807, 2.05) is 109 Å². The normalized spacial score (nSPS) is 15.7. The van der Waals surface area contributed by atoms with E-state index in [0.717, 1.165) is 33.6 Å². The van der Waals surface area contributed by atoms with Gasteiger partial charge < -0.3 is 43.3 Å². The Morgan fingerprint density at radius 1 is 0.491 bits per heavy atom. The van der Waals surface area contributed by atoms with Crippen molar-refractivity contribution in [2.75, 3.05) is 90.6 Å². The molecule has 0 aromatic heterocycles. The van der Waals surface area contributed by atoms with Crippen LogP contribution in [0.2, 0.25) is 0 Å². The molecule has 0 spiro atoms. The second-order valence-electron chi connectivity index (χ2n) is 14.2. The van der Waals surface area contributed by atoms with Crippen LogP contribution in [0.3, 0.4) is 0 Å². The third kappa shape index (κ3) is 9.64. The lowest BCUT2D eigenvalue weighted by Crippen LogP contribution is -2.49.